The van der Waals surface area contributed by atoms with E-state index in [9.17, 15) is 0 Å². The summed E-state index contributed by atoms with van der Waals surface area (Å²) in [7, 11) is 0. The molecule has 0 aliphatic carbocycles. The fraction of sp³-hybridized carbons (Fsp3) is 0.0816. The molecule has 10 rings (SSSR count). The SMILES string of the molecule is CCCCc1ccc2sc3c(ccc4c5ccccc5n(-c5cccc(-c6nc(-c7ccccc7)nc(-c7ccc(-c8ccccc8)cc7)n6)c5)c43)c2c1. The number of rotatable bonds is 8. The summed E-state index contributed by atoms with van der Waals surface area (Å²) in [5, 5.41) is 5.16. The summed E-state index contributed by atoms with van der Waals surface area (Å²) in [4.78, 5) is 15.2. The molecule has 3 heterocycles. The minimum Gasteiger partial charge on any atom is -0.308 e. The molecule has 10 aromatic rings. The maximum atomic E-state index is 5.13. The highest BCUT2D eigenvalue weighted by Gasteiger charge is 2.19. The number of thiophene rings is 1. The largest absolute Gasteiger partial charge is 0.308 e. The number of nitrogens with zero attached hydrogens (tertiary/aromatic N) is 4. The first-order valence-electron chi connectivity index (χ1n) is 18.7. The zero-order valence-electron chi connectivity index (χ0n) is 29.9. The Hall–Kier alpha value is -6.43. The van der Waals surface area contributed by atoms with E-state index in [4.69, 9.17) is 15.0 Å². The number of benzene rings is 7. The smallest absolute Gasteiger partial charge is 0.164 e. The highest BCUT2D eigenvalue weighted by Crippen LogP contribution is 2.43. The first kappa shape index (κ1) is 32.2. The van der Waals surface area contributed by atoms with Gasteiger partial charge in [0.15, 0.2) is 17.5 Å². The number of hydrogen-bond acceptors (Lipinski definition) is 4. The zero-order chi connectivity index (χ0) is 36.0. The molecular formula is C49H36N4S. The van der Waals surface area contributed by atoms with Crippen LogP contribution in [0.2, 0.25) is 0 Å². The second kappa shape index (κ2) is 13.5. The molecule has 0 bridgehead atoms. The van der Waals surface area contributed by atoms with Crippen LogP contribution in [-0.2, 0) is 6.42 Å². The first-order chi connectivity index (χ1) is 26.7. The van der Waals surface area contributed by atoms with E-state index in [1.165, 1.54) is 65.9 Å². The lowest BCUT2D eigenvalue weighted by atomic mass is 10.0. The van der Waals surface area contributed by atoms with Crippen LogP contribution >= 0.6 is 11.3 Å². The maximum Gasteiger partial charge on any atom is 0.164 e. The maximum absolute atomic E-state index is 5.13. The van der Waals surface area contributed by atoms with E-state index in [2.05, 4.69) is 151 Å². The van der Waals surface area contributed by atoms with Gasteiger partial charge in [-0.2, -0.15) is 0 Å². The van der Waals surface area contributed by atoms with Crippen molar-refractivity contribution >= 4 is 53.3 Å². The molecule has 0 atom stereocenters. The van der Waals surface area contributed by atoms with Gasteiger partial charge in [0.2, 0.25) is 0 Å². The van der Waals surface area contributed by atoms with Gasteiger partial charge < -0.3 is 4.57 Å². The number of fused-ring (bicyclic) bond motifs is 7. The van der Waals surface area contributed by atoms with Crippen LogP contribution in [0.15, 0.2) is 164 Å². The highest BCUT2D eigenvalue weighted by molar-refractivity contribution is 7.26. The van der Waals surface area contributed by atoms with Gasteiger partial charge in [-0.05, 0) is 59.9 Å². The lowest BCUT2D eigenvalue weighted by molar-refractivity contribution is 0.796. The Labute approximate surface area is 318 Å². The van der Waals surface area contributed by atoms with Gasteiger partial charge >= 0.3 is 0 Å². The van der Waals surface area contributed by atoms with E-state index in [1.54, 1.807) is 0 Å². The van der Waals surface area contributed by atoms with Crippen molar-refractivity contribution in [3.05, 3.63) is 169 Å². The van der Waals surface area contributed by atoms with Crippen LogP contribution in [0, 0.1) is 0 Å². The minimum atomic E-state index is 0.639. The fourth-order valence-corrected chi connectivity index (χ4v) is 8.93. The van der Waals surface area contributed by atoms with Crippen molar-refractivity contribution in [1.82, 2.24) is 19.5 Å². The number of unbranched alkanes of at least 4 members (excludes halogenated alkanes) is 1. The summed E-state index contributed by atoms with van der Waals surface area (Å²) in [5.41, 5.74) is 10.1. The van der Waals surface area contributed by atoms with Crippen molar-refractivity contribution in [2.24, 2.45) is 0 Å². The topological polar surface area (TPSA) is 43.6 Å². The van der Waals surface area contributed by atoms with Gasteiger partial charge in [0.05, 0.1) is 15.7 Å². The van der Waals surface area contributed by atoms with Crippen molar-refractivity contribution in [3.8, 4) is 51.0 Å². The molecule has 0 saturated carbocycles. The molecular weight excluding hydrogens is 677 g/mol. The molecule has 7 aromatic carbocycles. The molecule has 0 N–H and O–H groups in total. The number of para-hydroxylation sites is 1. The monoisotopic (exact) mass is 712 g/mol. The average Bonchev–Trinajstić information content (AvgIpc) is 3.79. The van der Waals surface area contributed by atoms with E-state index in [-0.39, 0.29) is 0 Å². The lowest BCUT2D eigenvalue weighted by Gasteiger charge is -2.12. The molecule has 54 heavy (non-hydrogen) atoms. The molecule has 0 amide bonds. The van der Waals surface area contributed by atoms with E-state index < -0.39 is 0 Å². The van der Waals surface area contributed by atoms with Crippen LogP contribution < -0.4 is 0 Å². The fourth-order valence-electron chi connectivity index (χ4n) is 7.71. The second-order valence-corrected chi connectivity index (χ2v) is 14.9. The van der Waals surface area contributed by atoms with Crippen LogP contribution in [0.4, 0.5) is 0 Å². The van der Waals surface area contributed by atoms with Gasteiger partial charge in [0.1, 0.15) is 0 Å². The minimum absolute atomic E-state index is 0.639. The Balaban J connectivity index is 1.14. The molecule has 0 unspecified atom stereocenters. The Morgan fingerprint density at radius 2 is 1.09 bits per heavy atom. The summed E-state index contributed by atoms with van der Waals surface area (Å²) in [6.45, 7) is 2.26. The molecule has 0 aliphatic rings. The van der Waals surface area contributed by atoms with Crippen LogP contribution in [0.3, 0.4) is 0 Å². The standard InChI is InChI=1S/C49H36N4S/c1-2-3-13-32-22-29-44-42(30-32)41-28-27-40-39-20-10-11-21-43(39)53(45(40)46(41)54-44)38-19-12-18-37(31-38)49-51-47(35-16-8-5-9-17-35)50-48(52-49)36-25-23-34(24-26-36)33-14-6-4-7-15-33/h4-12,14-31H,2-3,13H2,1H3. The predicted molar refractivity (Wildman–Crippen MR) is 227 cm³/mol. The molecule has 0 fully saturated rings. The van der Waals surface area contributed by atoms with E-state index in [0.29, 0.717) is 17.5 Å². The van der Waals surface area contributed by atoms with E-state index >= 15 is 0 Å². The van der Waals surface area contributed by atoms with E-state index in [1.807, 2.05) is 35.6 Å². The number of aromatic nitrogens is 4. The zero-order valence-corrected chi connectivity index (χ0v) is 30.7. The van der Waals surface area contributed by atoms with Gasteiger partial charge in [-0.1, -0.05) is 147 Å². The summed E-state index contributed by atoms with van der Waals surface area (Å²) in [6, 6.07) is 58.2. The van der Waals surface area contributed by atoms with Crippen LogP contribution in [0.1, 0.15) is 25.3 Å². The third kappa shape index (κ3) is 5.65. The van der Waals surface area contributed by atoms with Crippen molar-refractivity contribution in [3.63, 3.8) is 0 Å². The number of aryl methyl sites for hydroxylation is 1. The van der Waals surface area contributed by atoms with Crippen molar-refractivity contribution in [2.75, 3.05) is 0 Å². The van der Waals surface area contributed by atoms with Gasteiger partial charge in [-0.25, -0.2) is 15.0 Å². The highest BCUT2D eigenvalue weighted by atomic mass is 32.1. The van der Waals surface area contributed by atoms with Gasteiger partial charge in [0.25, 0.3) is 0 Å². The van der Waals surface area contributed by atoms with Crippen LogP contribution in [0.25, 0.3) is 93.0 Å². The quantitative estimate of drug-likeness (QED) is 0.158. The van der Waals surface area contributed by atoms with Crippen molar-refractivity contribution in [2.45, 2.75) is 26.2 Å². The van der Waals surface area contributed by atoms with Crippen LogP contribution in [0.5, 0.6) is 0 Å². The predicted octanol–water partition coefficient (Wildman–Crippen LogP) is 13.3. The number of hydrogen-bond donors (Lipinski definition) is 0. The summed E-state index contributed by atoms with van der Waals surface area (Å²) in [6.07, 6.45) is 3.52. The third-order valence-corrected chi connectivity index (χ3v) is 11.6. The van der Waals surface area contributed by atoms with Crippen LogP contribution in [-0.4, -0.2) is 19.5 Å². The van der Waals surface area contributed by atoms with Gasteiger partial charge in [0, 0.05) is 48.6 Å². The first-order valence-corrected chi connectivity index (χ1v) is 19.5. The molecule has 5 heteroatoms. The Bertz CT molecular complexity index is 2960. The second-order valence-electron chi connectivity index (χ2n) is 13.9. The Morgan fingerprint density at radius 1 is 0.481 bits per heavy atom. The molecule has 4 nitrogen and oxygen atoms in total. The molecule has 0 spiro atoms. The van der Waals surface area contributed by atoms with Gasteiger partial charge in [-0.3, -0.25) is 0 Å². The normalized spacial score (nSPS) is 11.6. The molecule has 0 saturated heterocycles. The Kier molecular flexibility index (Phi) is 8.07. The molecule has 0 radical (unpaired) electrons. The van der Waals surface area contributed by atoms with Crippen molar-refractivity contribution in [1.29, 1.82) is 0 Å². The van der Waals surface area contributed by atoms with Crippen molar-refractivity contribution < 1.29 is 0 Å². The van der Waals surface area contributed by atoms with E-state index in [0.717, 1.165) is 34.4 Å². The average molecular weight is 713 g/mol. The molecule has 0 aliphatic heterocycles. The third-order valence-electron chi connectivity index (χ3n) is 10.4. The Morgan fingerprint density at radius 3 is 1.85 bits per heavy atom. The molecule has 3 aromatic heterocycles. The summed E-state index contributed by atoms with van der Waals surface area (Å²) >= 11 is 1.89. The molecule has 258 valence electrons. The summed E-state index contributed by atoms with van der Waals surface area (Å²) < 4.78 is 5.07. The van der Waals surface area contributed by atoms with Gasteiger partial charge in [-0.15, -0.1) is 11.3 Å². The summed E-state index contributed by atoms with van der Waals surface area (Å²) in [5.74, 6) is 1.93. The lowest BCUT2D eigenvalue weighted by Crippen LogP contribution is -2.01.